The van der Waals surface area contributed by atoms with Crippen molar-refractivity contribution in [1.29, 1.82) is 0 Å². The van der Waals surface area contributed by atoms with E-state index in [4.69, 9.17) is 4.74 Å². The molecule has 3 aromatic rings. The van der Waals surface area contributed by atoms with E-state index >= 15 is 0 Å². The van der Waals surface area contributed by atoms with E-state index in [0.29, 0.717) is 23.6 Å². The summed E-state index contributed by atoms with van der Waals surface area (Å²) in [5, 5.41) is 7.36. The molecule has 0 saturated heterocycles. The summed E-state index contributed by atoms with van der Waals surface area (Å²) in [6, 6.07) is 2.96. The fourth-order valence-corrected chi connectivity index (χ4v) is 2.17. The summed E-state index contributed by atoms with van der Waals surface area (Å²) in [7, 11) is 1.32. The molecule has 0 spiro atoms. The van der Waals surface area contributed by atoms with Gasteiger partial charge in [-0.25, -0.2) is 14.6 Å². The third-order valence-electron chi connectivity index (χ3n) is 3.26. The Morgan fingerprint density at radius 1 is 1.28 bits per heavy atom. The number of anilines is 1. The minimum Gasteiger partial charge on any atom is -0.481 e. The number of carbonyl (C=O) groups excluding carboxylic acids is 1. The smallest absolute Gasteiger partial charge is 0.304 e. The summed E-state index contributed by atoms with van der Waals surface area (Å²) in [5.41, 5.74) is 0.532. The number of nitrogens with one attached hydrogen (secondary N) is 1. The number of aromatic nitrogens is 5. The van der Waals surface area contributed by atoms with Gasteiger partial charge in [0.2, 0.25) is 17.6 Å². The number of rotatable bonds is 4. The second-order valence-corrected chi connectivity index (χ2v) is 5.35. The molecule has 1 N–H and O–H groups in total. The van der Waals surface area contributed by atoms with E-state index < -0.39 is 11.7 Å². The maximum Gasteiger partial charge on any atom is 0.304 e. The monoisotopic (exact) mass is 348 g/mol. The molecular weight excluding hydrogens is 334 g/mol. The Morgan fingerprint density at radius 3 is 2.68 bits per heavy atom. The summed E-state index contributed by atoms with van der Waals surface area (Å²) in [6.45, 7) is 2.06. The molecule has 0 atom stereocenters. The van der Waals surface area contributed by atoms with Crippen molar-refractivity contribution in [3.63, 3.8) is 0 Å². The molecule has 0 aliphatic carbocycles. The average molecular weight is 348 g/mol. The highest BCUT2D eigenvalue weighted by Crippen LogP contribution is 2.27. The molecular formula is C15H14F2N6O2. The molecule has 0 aliphatic heterocycles. The summed E-state index contributed by atoms with van der Waals surface area (Å²) in [6.07, 6.45) is 3.02. The van der Waals surface area contributed by atoms with Crippen molar-refractivity contribution in [2.45, 2.75) is 19.8 Å². The van der Waals surface area contributed by atoms with Gasteiger partial charge in [0.1, 0.15) is 5.82 Å². The summed E-state index contributed by atoms with van der Waals surface area (Å²) < 4.78 is 33.6. The van der Waals surface area contributed by atoms with Crippen LogP contribution in [0.15, 0.2) is 24.5 Å². The number of carbonyl (C=O) groups is 1. The Hall–Kier alpha value is -3.17. The zero-order valence-electron chi connectivity index (χ0n) is 13.6. The van der Waals surface area contributed by atoms with E-state index in [0.717, 1.165) is 0 Å². The van der Waals surface area contributed by atoms with Crippen molar-refractivity contribution in [1.82, 2.24) is 24.7 Å². The summed E-state index contributed by atoms with van der Waals surface area (Å²) in [4.78, 5) is 22.8. The fourth-order valence-electron chi connectivity index (χ4n) is 2.17. The van der Waals surface area contributed by atoms with Crippen molar-refractivity contribution in [3.8, 4) is 11.7 Å². The third kappa shape index (κ3) is 3.37. The van der Waals surface area contributed by atoms with Crippen LogP contribution in [-0.2, 0) is 10.7 Å². The molecule has 0 radical (unpaired) electrons. The van der Waals surface area contributed by atoms with E-state index in [-0.39, 0.29) is 17.6 Å². The molecule has 3 rings (SSSR count). The van der Waals surface area contributed by atoms with Gasteiger partial charge in [-0.05, 0) is 0 Å². The Morgan fingerprint density at radius 2 is 2.04 bits per heavy atom. The van der Waals surface area contributed by atoms with Gasteiger partial charge in [-0.3, -0.25) is 4.79 Å². The van der Waals surface area contributed by atoms with Crippen LogP contribution in [0.3, 0.4) is 0 Å². The Kier molecular flexibility index (Phi) is 4.03. The molecule has 0 bridgehead atoms. The predicted octanol–water partition coefficient (Wildman–Crippen LogP) is 2.29. The Bertz CT molecular complexity index is 951. The van der Waals surface area contributed by atoms with Crippen molar-refractivity contribution in [2.24, 2.45) is 0 Å². The van der Waals surface area contributed by atoms with Crippen LogP contribution in [-0.4, -0.2) is 37.7 Å². The van der Waals surface area contributed by atoms with Gasteiger partial charge in [0, 0.05) is 37.6 Å². The molecule has 3 aromatic heterocycles. The van der Waals surface area contributed by atoms with Crippen molar-refractivity contribution in [3.05, 3.63) is 30.4 Å². The van der Waals surface area contributed by atoms with Crippen LogP contribution < -0.4 is 10.1 Å². The molecule has 25 heavy (non-hydrogen) atoms. The lowest BCUT2D eigenvalue weighted by molar-refractivity contribution is -0.114. The summed E-state index contributed by atoms with van der Waals surface area (Å²) >= 11 is 0. The number of alkyl halides is 2. The molecule has 1 amide bonds. The number of methoxy groups -OCH3 is 1. The van der Waals surface area contributed by atoms with Gasteiger partial charge in [0.15, 0.2) is 5.82 Å². The maximum atomic E-state index is 13.6. The molecule has 3 heterocycles. The first kappa shape index (κ1) is 16.7. The first-order chi connectivity index (χ1) is 11.8. The quantitative estimate of drug-likeness (QED) is 0.777. The highest BCUT2D eigenvalue weighted by molar-refractivity contribution is 5.90. The van der Waals surface area contributed by atoms with Gasteiger partial charge < -0.3 is 10.1 Å². The van der Waals surface area contributed by atoms with Crippen LogP contribution in [0.4, 0.5) is 14.6 Å². The Balaban J connectivity index is 2.17. The highest BCUT2D eigenvalue weighted by atomic mass is 19.3. The lowest BCUT2D eigenvalue weighted by atomic mass is 10.3. The molecule has 0 unspecified atom stereocenters. The van der Waals surface area contributed by atoms with Gasteiger partial charge in [-0.15, -0.1) is 0 Å². The standard InChI is InChI=1S/C15H14F2N6O2/c1-8(24)20-11-4-10-9(6-18-11)7-19-23(10)12-5-13(25-3)22-14(21-12)15(2,16)17/h4-7H,1-3H3,(H,18,20,24). The third-order valence-corrected chi connectivity index (χ3v) is 3.26. The second-order valence-electron chi connectivity index (χ2n) is 5.35. The van der Waals surface area contributed by atoms with Crippen LogP contribution in [0.1, 0.15) is 19.7 Å². The first-order valence-corrected chi connectivity index (χ1v) is 7.21. The highest BCUT2D eigenvalue weighted by Gasteiger charge is 2.30. The van der Waals surface area contributed by atoms with E-state index in [1.807, 2.05) is 0 Å². The number of pyridine rings is 1. The predicted molar refractivity (Wildman–Crippen MR) is 84.9 cm³/mol. The molecule has 130 valence electrons. The number of amides is 1. The zero-order valence-corrected chi connectivity index (χ0v) is 13.6. The molecule has 0 aliphatic rings. The normalized spacial score (nSPS) is 11.6. The summed E-state index contributed by atoms with van der Waals surface area (Å²) in [5.74, 6) is -3.80. The zero-order chi connectivity index (χ0) is 18.2. The van der Waals surface area contributed by atoms with Crippen molar-refractivity contribution in [2.75, 3.05) is 12.4 Å². The minimum atomic E-state index is -3.24. The number of hydrogen-bond donors (Lipinski definition) is 1. The largest absolute Gasteiger partial charge is 0.481 e. The van der Waals surface area contributed by atoms with E-state index in [2.05, 4.69) is 25.4 Å². The lowest BCUT2D eigenvalue weighted by Crippen LogP contribution is -2.15. The topological polar surface area (TPSA) is 94.8 Å². The van der Waals surface area contributed by atoms with Crippen molar-refractivity contribution < 1.29 is 18.3 Å². The van der Waals surface area contributed by atoms with Gasteiger partial charge in [-0.1, -0.05) is 0 Å². The van der Waals surface area contributed by atoms with Gasteiger partial charge >= 0.3 is 5.92 Å². The first-order valence-electron chi connectivity index (χ1n) is 7.21. The molecule has 10 heteroatoms. The second kappa shape index (κ2) is 6.04. The van der Waals surface area contributed by atoms with Crippen molar-refractivity contribution >= 4 is 22.6 Å². The fraction of sp³-hybridized carbons (Fsp3) is 0.267. The minimum absolute atomic E-state index is 0.0127. The number of halogens is 2. The lowest BCUT2D eigenvalue weighted by Gasteiger charge is -2.12. The van der Waals surface area contributed by atoms with E-state index in [1.54, 1.807) is 6.07 Å². The van der Waals surface area contributed by atoms with Crippen LogP contribution in [0.2, 0.25) is 0 Å². The Labute approximate surface area is 140 Å². The van der Waals surface area contributed by atoms with Crippen LogP contribution in [0, 0.1) is 0 Å². The number of ether oxygens (including phenoxy) is 1. The molecule has 0 aromatic carbocycles. The molecule has 0 fully saturated rings. The van der Waals surface area contributed by atoms with E-state index in [1.165, 1.54) is 37.2 Å². The molecule has 0 saturated carbocycles. The van der Waals surface area contributed by atoms with Gasteiger partial charge in [0.25, 0.3) is 0 Å². The SMILES string of the molecule is COc1cc(-n2ncc3cnc(NC(C)=O)cc32)nc(C(C)(F)F)n1. The van der Waals surface area contributed by atoms with Gasteiger partial charge in [-0.2, -0.15) is 18.9 Å². The van der Waals surface area contributed by atoms with E-state index in [9.17, 15) is 13.6 Å². The van der Waals surface area contributed by atoms with Crippen LogP contribution in [0.25, 0.3) is 16.7 Å². The van der Waals surface area contributed by atoms with Crippen LogP contribution in [0.5, 0.6) is 5.88 Å². The molecule has 8 nitrogen and oxygen atoms in total. The number of hydrogen-bond acceptors (Lipinski definition) is 6. The van der Waals surface area contributed by atoms with Crippen LogP contribution >= 0.6 is 0 Å². The average Bonchev–Trinajstić information content (AvgIpc) is 2.96. The number of fused-ring (bicyclic) bond motifs is 1. The van der Waals surface area contributed by atoms with Gasteiger partial charge in [0.05, 0.1) is 18.8 Å². The maximum absolute atomic E-state index is 13.6. The number of nitrogens with zero attached hydrogens (tertiary/aromatic N) is 5.